The highest BCUT2D eigenvalue weighted by molar-refractivity contribution is 7.90. The van der Waals surface area contributed by atoms with Gasteiger partial charge in [0.2, 0.25) is 15.0 Å². The standard InChI is InChI=1S/C27H32N4O4S2/c1-3-15-31-23(17-28-27(31)37(32,33)20-21-8-5-4-6-9-21)18-30(19-25-10-7-16-35-25)26(36)29-22-11-13-24(34-2)14-12-22/h3-6,8-9,11-14,17,25H,1,7,10,15-16,18-20H2,2H3,(H,29,36). The maximum Gasteiger partial charge on any atom is 0.228 e. The van der Waals surface area contributed by atoms with Gasteiger partial charge in [0.25, 0.3) is 0 Å². The molecule has 1 unspecified atom stereocenters. The summed E-state index contributed by atoms with van der Waals surface area (Å²) < 4.78 is 39.4. The molecular weight excluding hydrogens is 508 g/mol. The molecule has 1 aliphatic heterocycles. The molecule has 1 N–H and O–H groups in total. The van der Waals surface area contributed by atoms with E-state index in [2.05, 4.69) is 16.9 Å². The second kappa shape index (κ2) is 12.4. The summed E-state index contributed by atoms with van der Waals surface area (Å²) in [6.07, 6.45) is 5.29. The van der Waals surface area contributed by atoms with Crippen molar-refractivity contribution in [3.8, 4) is 5.75 Å². The number of rotatable bonds is 11. The molecule has 8 nitrogen and oxygen atoms in total. The van der Waals surface area contributed by atoms with Crippen LogP contribution in [0.5, 0.6) is 5.75 Å². The zero-order chi connectivity index (χ0) is 26.3. The summed E-state index contributed by atoms with van der Waals surface area (Å²) in [6, 6.07) is 16.6. The van der Waals surface area contributed by atoms with Crippen LogP contribution in [0.15, 0.2) is 78.6 Å². The van der Waals surface area contributed by atoms with E-state index < -0.39 is 9.84 Å². The van der Waals surface area contributed by atoms with Crippen LogP contribution in [0.4, 0.5) is 5.69 Å². The molecule has 0 amide bonds. The highest BCUT2D eigenvalue weighted by Gasteiger charge is 2.26. The average Bonchev–Trinajstić information content (AvgIpc) is 3.55. The number of allylic oxidation sites excluding steroid dienone is 1. The molecule has 1 atom stereocenters. The van der Waals surface area contributed by atoms with Gasteiger partial charge >= 0.3 is 0 Å². The Hall–Kier alpha value is -3.21. The van der Waals surface area contributed by atoms with Gasteiger partial charge < -0.3 is 24.3 Å². The Morgan fingerprint density at radius 2 is 2.03 bits per heavy atom. The molecule has 1 fully saturated rings. The first-order valence-corrected chi connectivity index (χ1v) is 14.2. The van der Waals surface area contributed by atoms with Crippen molar-refractivity contribution in [2.75, 3.05) is 25.6 Å². The Bertz CT molecular complexity index is 1300. The molecule has 1 aliphatic rings. The molecule has 10 heteroatoms. The summed E-state index contributed by atoms with van der Waals surface area (Å²) >= 11 is 5.79. The molecule has 0 radical (unpaired) electrons. The van der Waals surface area contributed by atoms with E-state index in [9.17, 15) is 8.42 Å². The van der Waals surface area contributed by atoms with Crippen molar-refractivity contribution in [2.45, 2.75) is 42.9 Å². The largest absolute Gasteiger partial charge is 0.497 e. The number of thiocarbonyl (C=S) groups is 1. The van der Waals surface area contributed by atoms with Crippen molar-refractivity contribution in [2.24, 2.45) is 0 Å². The lowest BCUT2D eigenvalue weighted by Crippen LogP contribution is -2.40. The predicted octanol–water partition coefficient (Wildman–Crippen LogP) is 4.43. The van der Waals surface area contributed by atoms with Gasteiger partial charge in [-0.1, -0.05) is 36.4 Å². The van der Waals surface area contributed by atoms with E-state index in [0.29, 0.717) is 30.3 Å². The van der Waals surface area contributed by atoms with Gasteiger partial charge in [-0.05, 0) is 54.9 Å². The summed E-state index contributed by atoms with van der Waals surface area (Å²) in [5, 5.41) is 3.83. The van der Waals surface area contributed by atoms with E-state index in [4.69, 9.17) is 21.7 Å². The second-order valence-corrected chi connectivity index (χ2v) is 11.1. The Labute approximate surface area is 223 Å². The molecule has 37 heavy (non-hydrogen) atoms. The Morgan fingerprint density at radius 3 is 2.68 bits per heavy atom. The molecular formula is C27H32N4O4S2. The van der Waals surface area contributed by atoms with Crippen molar-refractivity contribution >= 4 is 32.9 Å². The number of sulfone groups is 1. The first-order chi connectivity index (χ1) is 17.9. The lowest BCUT2D eigenvalue weighted by Gasteiger charge is -2.28. The van der Waals surface area contributed by atoms with E-state index >= 15 is 0 Å². The van der Waals surface area contributed by atoms with Crippen molar-refractivity contribution in [3.05, 3.63) is 84.7 Å². The normalized spacial score (nSPS) is 15.3. The summed E-state index contributed by atoms with van der Waals surface area (Å²) in [7, 11) is -2.06. The number of hydrogen-bond donors (Lipinski definition) is 1. The zero-order valence-corrected chi connectivity index (χ0v) is 22.5. The fraction of sp³-hybridized carbons (Fsp3) is 0.333. The zero-order valence-electron chi connectivity index (χ0n) is 20.9. The highest BCUT2D eigenvalue weighted by Crippen LogP contribution is 2.22. The summed E-state index contributed by atoms with van der Waals surface area (Å²) in [6.45, 7) is 5.81. The van der Waals surface area contributed by atoms with Crippen LogP contribution >= 0.6 is 12.2 Å². The number of methoxy groups -OCH3 is 1. The minimum atomic E-state index is -3.68. The molecule has 0 aliphatic carbocycles. The first-order valence-electron chi connectivity index (χ1n) is 12.1. The molecule has 1 aromatic heterocycles. The molecule has 2 aromatic carbocycles. The van der Waals surface area contributed by atoms with Crippen molar-refractivity contribution in [1.82, 2.24) is 14.5 Å². The third-order valence-electron chi connectivity index (χ3n) is 6.12. The van der Waals surface area contributed by atoms with E-state index in [1.54, 1.807) is 36.1 Å². The van der Waals surface area contributed by atoms with Crippen LogP contribution in [-0.2, 0) is 33.4 Å². The van der Waals surface area contributed by atoms with Crippen LogP contribution < -0.4 is 10.1 Å². The first kappa shape index (κ1) is 26.8. The van der Waals surface area contributed by atoms with Crippen LogP contribution in [0.25, 0.3) is 0 Å². The van der Waals surface area contributed by atoms with E-state index in [1.165, 1.54) is 0 Å². The van der Waals surface area contributed by atoms with Gasteiger partial charge in [0, 0.05) is 25.4 Å². The predicted molar refractivity (Wildman–Crippen MR) is 148 cm³/mol. The number of imidazole rings is 1. The summed E-state index contributed by atoms with van der Waals surface area (Å²) in [5.74, 6) is 0.628. The number of ether oxygens (including phenoxy) is 2. The molecule has 1 saturated heterocycles. The lowest BCUT2D eigenvalue weighted by molar-refractivity contribution is 0.0900. The molecule has 2 heterocycles. The molecule has 3 aromatic rings. The van der Waals surface area contributed by atoms with Crippen LogP contribution in [0.1, 0.15) is 24.1 Å². The summed E-state index contributed by atoms with van der Waals surface area (Å²) in [5.41, 5.74) is 2.26. The number of nitrogens with zero attached hydrogens (tertiary/aromatic N) is 3. The molecule has 0 bridgehead atoms. The Balaban J connectivity index is 1.58. The number of benzene rings is 2. The fourth-order valence-electron chi connectivity index (χ4n) is 4.27. The maximum atomic E-state index is 13.3. The Kier molecular flexibility index (Phi) is 8.96. The quantitative estimate of drug-likeness (QED) is 0.282. The van der Waals surface area contributed by atoms with Gasteiger partial charge in [-0.25, -0.2) is 13.4 Å². The van der Waals surface area contributed by atoms with Gasteiger partial charge in [-0.15, -0.1) is 6.58 Å². The monoisotopic (exact) mass is 540 g/mol. The Morgan fingerprint density at radius 1 is 1.27 bits per heavy atom. The smallest absolute Gasteiger partial charge is 0.228 e. The van der Waals surface area contributed by atoms with E-state index in [-0.39, 0.29) is 17.0 Å². The maximum absolute atomic E-state index is 13.3. The van der Waals surface area contributed by atoms with Gasteiger partial charge in [0.1, 0.15) is 5.75 Å². The minimum Gasteiger partial charge on any atom is -0.497 e. The lowest BCUT2D eigenvalue weighted by atomic mass is 10.2. The van der Waals surface area contributed by atoms with Crippen LogP contribution in [-0.4, -0.2) is 54.3 Å². The van der Waals surface area contributed by atoms with Gasteiger partial charge in [0.15, 0.2) is 5.11 Å². The summed E-state index contributed by atoms with van der Waals surface area (Å²) in [4.78, 5) is 6.34. The second-order valence-electron chi connectivity index (χ2n) is 8.85. The van der Waals surface area contributed by atoms with Crippen LogP contribution in [0.3, 0.4) is 0 Å². The molecule has 0 saturated carbocycles. The number of anilines is 1. The van der Waals surface area contributed by atoms with Gasteiger partial charge in [-0.2, -0.15) is 0 Å². The molecule has 0 spiro atoms. The molecule has 4 rings (SSSR count). The third kappa shape index (κ3) is 6.97. The third-order valence-corrected chi connectivity index (χ3v) is 8.08. The van der Waals surface area contributed by atoms with Gasteiger partial charge in [-0.3, -0.25) is 0 Å². The average molecular weight is 541 g/mol. The minimum absolute atomic E-state index is 0.0253. The van der Waals surface area contributed by atoms with Crippen LogP contribution in [0.2, 0.25) is 0 Å². The van der Waals surface area contributed by atoms with Crippen molar-refractivity contribution in [3.63, 3.8) is 0 Å². The number of nitrogens with one attached hydrogen (secondary N) is 1. The van der Waals surface area contributed by atoms with Crippen LogP contribution in [0, 0.1) is 0 Å². The SMILES string of the molecule is C=CCn1c(CN(CC2CCCO2)C(=S)Nc2ccc(OC)cc2)cnc1S(=O)(=O)Cc1ccccc1. The highest BCUT2D eigenvalue weighted by atomic mass is 32.2. The fourth-order valence-corrected chi connectivity index (χ4v) is 6.03. The van der Waals surface area contributed by atoms with E-state index in [0.717, 1.165) is 36.6 Å². The van der Waals surface area contributed by atoms with E-state index in [1.807, 2.05) is 47.4 Å². The number of aromatic nitrogens is 2. The molecule has 196 valence electrons. The van der Waals surface area contributed by atoms with Crippen molar-refractivity contribution in [1.29, 1.82) is 0 Å². The van der Waals surface area contributed by atoms with Gasteiger partial charge in [0.05, 0.1) is 37.4 Å². The van der Waals surface area contributed by atoms with Crippen molar-refractivity contribution < 1.29 is 17.9 Å². The number of hydrogen-bond acceptors (Lipinski definition) is 6. The topological polar surface area (TPSA) is 85.7 Å².